The number of hydrogen-bond acceptors (Lipinski definition) is 3. The lowest BCUT2D eigenvalue weighted by atomic mass is 10.1. The molecular formula is C11H24N2OS. The zero-order chi connectivity index (χ0) is 11.8. The Balaban J connectivity index is 4.13. The number of ether oxygens (including phenoxy) is 1. The van der Waals surface area contributed by atoms with Gasteiger partial charge in [0.25, 0.3) is 0 Å². The van der Waals surface area contributed by atoms with Crippen LogP contribution in [-0.2, 0) is 4.74 Å². The van der Waals surface area contributed by atoms with Crippen LogP contribution in [0.4, 0.5) is 0 Å². The minimum Gasteiger partial charge on any atom is -0.393 e. The van der Waals surface area contributed by atoms with Gasteiger partial charge < -0.3 is 10.5 Å². The Labute approximate surface area is 99.0 Å². The second-order valence-corrected chi connectivity index (χ2v) is 4.93. The van der Waals surface area contributed by atoms with E-state index in [0.29, 0.717) is 16.9 Å². The quantitative estimate of drug-likeness (QED) is 0.646. The molecule has 0 heterocycles. The highest BCUT2D eigenvalue weighted by Crippen LogP contribution is 2.07. The molecule has 0 bridgehead atoms. The number of hydrogen-bond donors (Lipinski definition) is 1. The summed E-state index contributed by atoms with van der Waals surface area (Å²) in [4.78, 5) is 2.97. The first-order valence-corrected chi connectivity index (χ1v) is 5.89. The van der Waals surface area contributed by atoms with Crippen molar-refractivity contribution < 1.29 is 4.74 Å². The molecule has 0 aliphatic heterocycles. The van der Waals surface area contributed by atoms with Gasteiger partial charge in [0.05, 0.1) is 11.6 Å². The summed E-state index contributed by atoms with van der Waals surface area (Å²) in [5.41, 5.74) is 5.56. The molecule has 0 spiro atoms. The molecule has 0 aliphatic carbocycles. The summed E-state index contributed by atoms with van der Waals surface area (Å²) in [5.74, 6) is 0.649. The molecule has 0 saturated carbocycles. The van der Waals surface area contributed by atoms with Crippen LogP contribution in [-0.4, -0.2) is 42.7 Å². The van der Waals surface area contributed by atoms with Crippen molar-refractivity contribution in [2.45, 2.75) is 33.2 Å². The third-order valence-corrected chi connectivity index (χ3v) is 2.47. The van der Waals surface area contributed by atoms with Crippen molar-refractivity contribution in [3.63, 3.8) is 0 Å². The number of methoxy groups -OCH3 is 1. The molecule has 1 unspecified atom stereocenters. The van der Waals surface area contributed by atoms with Crippen LogP contribution < -0.4 is 5.73 Å². The van der Waals surface area contributed by atoms with E-state index in [9.17, 15) is 0 Å². The maximum atomic E-state index is 5.56. The van der Waals surface area contributed by atoms with Gasteiger partial charge in [0.1, 0.15) is 0 Å². The highest BCUT2D eigenvalue weighted by atomic mass is 32.1. The molecule has 0 rings (SSSR count). The predicted molar refractivity (Wildman–Crippen MR) is 69.2 cm³/mol. The SMILES string of the molecule is COCCN(CC(C)C)C(C)CC(N)=S. The van der Waals surface area contributed by atoms with E-state index in [-0.39, 0.29) is 0 Å². The van der Waals surface area contributed by atoms with Crippen molar-refractivity contribution in [3.8, 4) is 0 Å². The van der Waals surface area contributed by atoms with Crippen LogP contribution in [0.15, 0.2) is 0 Å². The van der Waals surface area contributed by atoms with Gasteiger partial charge in [-0.1, -0.05) is 26.1 Å². The van der Waals surface area contributed by atoms with Crippen molar-refractivity contribution >= 4 is 17.2 Å². The van der Waals surface area contributed by atoms with E-state index in [1.54, 1.807) is 7.11 Å². The third kappa shape index (κ3) is 7.71. The van der Waals surface area contributed by atoms with Gasteiger partial charge in [-0.15, -0.1) is 0 Å². The summed E-state index contributed by atoms with van der Waals surface area (Å²) in [7, 11) is 1.73. The molecule has 0 saturated heterocycles. The van der Waals surface area contributed by atoms with Gasteiger partial charge >= 0.3 is 0 Å². The fraction of sp³-hybridized carbons (Fsp3) is 0.909. The lowest BCUT2D eigenvalue weighted by Gasteiger charge is -2.30. The molecule has 1 atom stereocenters. The van der Waals surface area contributed by atoms with Crippen LogP contribution >= 0.6 is 12.2 Å². The van der Waals surface area contributed by atoms with Crippen molar-refractivity contribution in [2.75, 3.05) is 26.8 Å². The lowest BCUT2D eigenvalue weighted by Crippen LogP contribution is -2.40. The van der Waals surface area contributed by atoms with Gasteiger partial charge in [0.2, 0.25) is 0 Å². The molecule has 0 radical (unpaired) electrons. The normalized spacial score (nSPS) is 13.5. The molecule has 0 aromatic heterocycles. The minimum atomic E-state index is 0.403. The van der Waals surface area contributed by atoms with E-state index in [1.807, 2.05) is 0 Å². The maximum Gasteiger partial charge on any atom is 0.0742 e. The molecule has 3 nitrogen and oxygen atoms in total. The topological polar surface area (TPSA) is 38.5 Å². The number of nitrogens with two attached hydrogens (primary N) is 1. The standard InChI is InChI=1S/C11H24N2OS/c1-9(2)8-13(5-6-14-4)10(3)7-11(12)15/h9-10H,5-8H2,1-4H3,(H2,12,15). The van der Waals surface area contributed by atoms with Crippen molar-refractivity contribution in [2.24, 2.45) is 11.7 Å². The van der Waals surface area contributed by atoms with Crippen molar-refractivity contribution in [3.05, 3.63) is 0 Å². The van der Waals surface area contributed by atoms with Gasteiger partial charge in [-0.25, -0.2) is 0 Å². The average Bonchev–Trinajstić information content (AvgIpc) is 2.10. The fourth-order valence-electron chi connectivity index (χ4n) is 1.59. The molecule has 0 aromatic rings. The van der Waals surface area contributed by atoms with Gasteiger partial charge in [-0.2, -0.15) is 0 Å². The maximum absolute atomic E-state index is 5.56. The van der Waals surface area contributed by atoms with E-state index in [1.165, 1.54) is 0 Å². The largest absolute Gasteiger partial charge is 0.393 e. The summed E-state index contributed by atoms with van der Waals surface area (Å²) in [5, 5.41) is 0. The van der Waals surface area contributed by atoms with Crippen LogP contribution in [0.5, 0.6) is 0 Å². The first-order valence-electron chi connectivity index (χ1n) is 5.48. The molecule has 0 aromatic carbocycles. The van der Waals surface area contributed by atoms with Crippen LogP contribution in [0.3, 0.4) is 0 Å². The van der Waals surface area contributed by atoms with E-state index < -0.39 is 0 Å². The summed E-state index contributed by atoms with van der Waals surface area (Å²) in [6.07, 6.45) is 0.783. The van der Waals surface area contributed by atoms with Crippen molar-refractivity contribution in [1.29, 1.82) is 0 Å². The zero-order valence-corrected chi connectivity index (χ0v) is 11.1. The van der Waals surface area contributed by atoms with E-state index in [2.05, 4.69) is 25.7 Å². The van der Waals surface area contributed by atoms with Crippen LogP contribution in [0.25, 0.3) is 0 Å². The Hall–Kier alpha value is -0.190. The van der Waals surface area contributed by atoms with E-state index >= 15 is 0 Å². The predicted octanol–water partition coefficient (Wildman–Crippen LogP) is 1.66. The van der Waals surface area contributed by atoms with Crippen molar-refractivity contribution in [1.82, 2.24) is 4.90 Å². The number of nitrogens with zero attached hydrogens (tertiary/aromatic N) is 1. The molecule has 0 fully saturated rings. The van der Waals surface area contributed by atoms with Crippen LogP contribution in [0.2, 0.25) is 0 Å². The Bertz CT molecular complexity index is 185. The fourth-order valence-corrected chi connectivity index (χ4v) is 1.83. The second kappa shape index (κ2) is 8.02. The molecule has 15 heavy (non-hydrogen) atoms. The second-order valence-electron chi connectivity index (χ2n) is 4.40. The summed E-state index contributed by atoms with van der Waals surface area (Å²) >= 11 is 4.94. The lowest BCUT2D eigenvalue weighted by molar-refractivity contribution is 0.117. The highest BCUT2D eigenvalue weighted by Gasteiger charge is 2.15. The van der Waals surface area contributed by atoms with E-state index in [4.69, 9.17) is 22.7 Å². The summed E-state index contributed by atoms with van der Waals surface area (Å²) in [6, 6.07) is 0.403. The average molecular weight is 232 g/mol. The number of thiocarbonyl (C=S) groups is 1. The number of rotatable bonds is 8. The molecule has 0 aliphatic rings. The molecule has 0 amide bonds. The Morgan fingerprint density at radius 3 is 2.40 bits per heavy atom. The highest BCUT2D eigenvalue weighted by molar-refractivity contribution is 7.80. The van der Waals surface area contributed by atoms with Gasteiger partial charge in [0, 0.05) is 32.7 Å². The first kappa shape index (κ1) is 14.8. The zero-order valence-electron chi connectivity index (χ0n) is 10.3. The van der Waals surface area contributed by atoms with E-state index in [0.717, 1.165) is 26.1 Å². The molecule has 90 valence electrons. The first-order chi connectivity index (χ1) is 6.97. The smallest absolute Gasteiger partial charge is 0.0742 e. The Kier molecular flexibility index (Phi) is 7.92. The molecular weight excluding hydrogens is 208 g/mol. The Morgan fingerprint density at radius 2 is 2.00 bits per heavy atom. The van der Waals surface area contributed by atoms with Gasteiger partial charge in [-0.05, 0) is 12.8 Å². The minimum absolute atomic E-state index is 0.403. The van der Waals surface area contributed by atoms with Crippen LogP contribution in [0.1, 0.15) is 27.2 Å². The summed E-state index contributed by atoms with van der Waals surface area (Å²) in [6.45, 7) is 9.36. The monoisotopic (exact) mass is 232 g/mol. The van der Waals surface area contributed by atoms with Crippen LogP contribution in [0, 0.1) is 5.92 Å². The molecule has 4 heteroatoms. The van der Waals surface area contributed by atoms with Gasteiger partial charge in [-0.3, -0.25) is 4.90 Å². The Morgan fingerprint density at radius 1 is 1.40 bits per heavy atom. The summed E-state index contributed by atoms with van der Waals surface area (Å²) < 4.78 is 5.10. The molecule has 2 N–H and O–H groups in total. The van der Waals surface area contributed by atoms with Gasteiger partial charge in [0.15, 0.2) is 0 Å². The third-order valence-electron chi connectivity index (χ3n) is 2.30.